The molecule has 70 valence electrons. The molecule has 1 aromatic heterocycles. The molecule has 13 heavy (non-hydrogen) atoms. The minimum Gasteiger partial charge on any atom is -0.481 e. The molecule has 0 saturated heterocycles. The van der Waals surface area contributed by atoms with Crippen molar-refractivity contribution < 1.29 is 9.90 Å². The maximum absolute atomic E-state index is 10.7. The molecule has 1 N–H and O–H groups in total. The monoisotopic (exact) mass is 200 g/mol. The van der Waals surface area contributed by atoms with Gasteiger partial charge in [-0.15, -0.1) is 0 Å². The van der Waals surface area contributed by atoms with Crippen molar-refractivity contribution in [2.45, 2.75) is 19.4 Å². The van der Waals surface area contributed by atoms with Gasteiger partial charge in [0, 0.05) is 24.9 Å². The topological polar surface area (TPSA) is 55.1 Å². The van der Waals surface area contributed by atoms with Gasteiger partial charge in [0.05, 0.1) is 5.92 Å². The SMILES string of the molecule is O=C(O)C1CCn2c(cnc2Cl)C1. The summed E-state index contributed by atoms with van der Waals surface area (Å²) in [5, 5.41) is 9.27. The molecule has 0 aromatic carbocycles. The van der Waals surface area contributed by atoms with Gasteiger partial charge in [-0.1, -0.05) is 0 Å². The lowest BCUT2D eigenvalue weighted by Crippen LogP contribution is -2.25. The van der Waals surface area contributed by atoms with E-state index >= 15 is 0 Å². The van der Waals surface area contributed by atoms with Crippen molar-refractivity contribution in [3.8, 4) is 0 Å². The maximum atomic E-state index is 10.7. The molecule has 1 aromatic rings. The lowest BCUT2D eigenvalue weighted by Gasteiger charge is -2.20. The van der Waals surface area contributed by atoms with Crippen LogP contribution in [0.5, 0.6) is 0 Å². The largest absolute Gasteiger partial charge is 0.481 e. The van der Waals surface area contributed by atoms with E-state index in [0.717, 1.165) is 5.69 Å². The number of carboxylic acids is 1. The Labute approximate surface area is 80.1 Å². The number of hydrogen-bond acceptors (Lipinski definition) is 2. The summed E-state index contributed by atoms with van der Waals surface area (Å²) in [5.41, 5.74) is 0.920. The van der Waals surface area contributed by atoms with Gasteiger partial charge in [0.15, 0.2) is 0 Å². The predicted molar refractivity (Wildman–Crippen MR) is 46.7 cm³/mol. The third kappa shape index (κ3) is 1.42. The minimum atomic E-state index is -0.733. The van der Waals surface area contributed by atoms with Crippen molar-refractivity contribution in [1.29, 1.82) is 0 Å². The second-order valence-electron chi connectivity index (χ2n) is 3.20. The number of fused-ring (bicyclic) bond motifs is 1. The van der Waals surface area contributed by atoms with Gasteiger partial charge < -0.3 is 9.67 Å². The van der Waals surface area contributed by atoms with Crippen LogP contribution in [0, 0.1) is 5.92 Å². The molecule has 0 saturated carbocycles. The molecule has 1 aliphatic heterocycles. The summed E-state index contributed by atoms with van der Waals surface area (Å²) in [6.07, 6.45) is 2.82. The molecule has 0 aliphatic carbocycles. The third-order valence-corrected chi connectivity index (χ3v) is 2.70. The van der Waals surface area contributed by atoms with E-state index in [0.29, 0.717) is 24.7 Å². The summed E-state index contributed by atoms with van der Waals surface area (Å²) in [6, 6.07) is 0. The number of nitrogens with zero attached hydrogens (tertiary/aromatic N) is 2. The quantitative estimate of drug-likeness (QED) is 0.741. The smallest absolute Gasteiger partial charge is 0.306 e. The molecule has 1 unspecified atom stereocenters. The summed E-state index contributed by atoms with van der Waals surface area (Å²) in [6.45, 7) is 0.658. The highest BCUT2D eigenvalue weighted by Crippen LogP contribution is 2.23. The third-order valence-electron chi connectivity index (χ3n) is 2.40. The Morgan fingerprint density at radius 1 is 1.77 bits per heavy atom. The lowest BCUT2D eigenvalue weighted by atomic mass is 9.97. The van der Waals surface area contributed by atoms with Gasteiger partial charge in [-0.2, -0.15) is 0 Å². The second-order valence-corrected chi connectivity index (χ2v) is 3.54. The van der Waals surface area contributed by atoms with Crippen LogP contribution in [0.4, 0.5) is 0 Å². The molecule has 2 rings (SSSR count). The first kappa shape index (κ1) is 8.56. The Morgan fingerprint density at radius 3 is 3.23 bits per heavy atom. The molecule has 0 radical (unpaired) electrons. The Morgan fingerprint density at radius 2 is 2.54 bits per heavy atom. The first-order chi connectivity index (χ1) is 6.18. The van der Waals surface area contributed by atoms with Gasteiger partial charge in [-0.05, 0) is 18.0 Å². The first-order valence-electron chi connectivity index (χ1n) is 4.11. The molecule has 0 spiro atoms. The number of aliphatic carboxylic acids is 1. The highest BCUT2D eigenvalue weighted by atomic mass is 35.5. The molecule has 0 amide bonds. The molecule has 1 atom stereocenters. The first-order valence-corrected chi connectivity index (χ1v) is 4.49. The van der Waals surface area contributed by atoms with Gasteiger partial charge in [0.25, 0.3) is 0 Å². The maximum Gasteiger partial charge on any atom is 0.306 e. The molecule has 5 heteroatoms. The fourth-order valence-electron chi connectivity index (χ4n) is 1.63. The van der Waals surface area contributed by atoms with E-state index in [1.165, 1.54) is 0 Å². The Hall–Kier alpha value is -1.03. The number of rotatable bonds is 1. The van der Waals surface area contributed by atoms with Crippen LogP contribution in [0.15, 0.2) is 6.20 Å². The summed E-state index contributed by atoms with van der Waals surface area (Å²) in [4.78, 5) is 14.6. The van der Waals surface area contributed by atoms with E-state index in [-0.39, 0.29) is 5.92 Å². The number of carboxylic acid groups (broad SMARTS) is 1. The number of aromatic nitrogens is 2. The van der Waals surface area contributed by atoms with Crippen molar-refractivity contribution in [1.82, 2.24) is 9.55 Å². The van der Waals surface area contributed by atoms with Gasteiger partial charge >= 0.3 is 5.97 Å². The van der Waals surface area contributed by atoms with Gasteiger partial charge in [-0.3, -0.25) is 4.79 Å². The highest BCUT2D eigenvalue weighted by Gasteiger charge is 2.25. The van der Waals surface area contributed by atoms with Gasteiger partial charge in [0.2, 0.25) is 5.28 Å². The Bertz CT molecular complexity index is 348. The Kier molecular flexibility index (Phi) is 2.00. The van der Waals surface area contributed by atoms with Crippen LogP contribution in [0.2, 0.25) is 5.28 Å². The molecule has 0 fully saturated rings. The van der Waals surface area contributed by atoms with Crippen LogP contribution in [0.3, 0.4) is 0 Å². The van der Waals surface area contributed by atoms with Gasteiger partial charge in [0.1, 0.15) is 0 Å². The van der Waals surface area contributed by atoms with E-state index in [9.17, 15) is 4.79 Å². The molecular formula is C8H9ClN2O2. The molecule has 2 heterocycles. The van der Waals surface area contributed by atoms with Crippen molar-refractivity contribution >= 4 is 17.6 Å². The van der Waals surface area contributed by atoms with E-state index in [1.54, 1.807) is 6.20 Å². The number of halogens is 1. The average Bonchev–Trinajstić information content (AvgIpc) is 2.47. The van der Waals surface area contributed by atoms with Crippen molar-refractivity contribution in [2.75, 3.05) is 0 Å². The fourth-order valence-corrected chi connectivity index (χ4v) is 1.88. The zero-order chi connectivity index (χ0) is 9.42. The predicted octanol–water partition coefficient (Wildman–Crippen LogP) is 1.18. The fraction of sp³-hybridized carbons (Fsp3) is 0.500. The summed E-state index contributed by atoms with van der Waals surface area (Å²) >= 11 is 5.79. The Balaban J connectivity index is 2.25. The van der Waals surface area contributed by atoms with Crippen molar-refractivity contribution in [2.24, 2.45) is 5.92 Å². The van der Waals surface area contributed by atoms with Crippen LogP contribution < -0.4 is 0 Å². The van der Waals surface area contributed by atoms with Crippen LogP contribution >= 0.6 is 11.6 Å². The van der Waals surface area contributed by atoms with Crippen molar-refractivity contribution in [3.05, 3.63) is 17.2 Å². The van der Waals surface area contributed by atoms with Crippen molar-refractivity contribution in [3.63, 3.8) is 0 Å². The standard InChI is InChI=1S/C8H9ClN2O2/c9-8-10-4-6-3-5(7(12)13)1-2-11(6)8/h4-5H,1-3H2,(H,12,13). The average molecular weight is 201 g/mol. The minimum absolute atomic E-state index is 0.278. The lowest BCUT2D eigenvalue weighted by molar-refractivity contribution is -0.142. The van der Waals surface area contributed by atoms with Gasteiger partial charge in [-0.25, -0.2) is 4.98 Å². The van der Waals surface area contributed by atoms with Crippen LogP contribution in [-0.4, -0.2) is 20.6 Å². The molecule has 0 bridgehead atoms. The zero-order valence-electron chi connectivity index (χ0n) is 6.90. The second kappa shape index (κ2) is 3.03. The normalized spacial score (nSPS) is 21.2. The summed E-state index contributed by atoms with van der Waals surface area (Å²) in [5.74, 6) is -1.01. The van der Waals surface area contributed by atoms with E-state index in [1.807, 2.05) is 4.57 Å². The van der Waals surface area contributed by atoms with Crippen LogP contribution in [-0.2, 0) is 17.8 Å². The highest BCUT2D eigenvalue weighted by molar-refractivity contribution is 6.28. The number of hydrogen-bond donors (Lipinski definition) is 1. The number of carbonyl (C=O) groups is 1. The van der Waals surface area contributed by atoms with Crippen LogP contribution in [0.25, 0.3) is 0 Å². The molecule has 1 aliphatic rings. The van der Waals surface area contributed by atoms with E-state index in [4.69, 9.17) is 16.7 Å². The van der Waals surface area contributed by atoms with Crippen LogP contribution in [0.1, 0.15) is 12.1 Å². The summed E-state index contributed by atoms with van der Waals surface area (Å²) in [7, 11) is 0. The summed E-state index contributed by atoms with van der Waals surface area (Å²) < 4.78 is 1.86. The molecular weight excluding hydrogens is 192 g/mol. The van der Waals surface area contributed by atoms with E-state index in [2.05, 4.69) is 4.98 Å². The van der Waals surface area contributed by atoms with E-state index < -0.39 is 5.97 Å². The zero-order valence-corrected chi connectivity index (χ0v) is 7.66. The molecule has 4 nitrogen and oxygen atoms in total. The number of imidazole rings is 1.